The zero-order valence-corrected chi connectivity index (χ0v) is 19.8. The number of allylic oxidation sites excluding steroid dienone is 2. The molecule has 1 aliphatic heterocycles. The van der Waals surface area contributed by atoms with Crippen LogP contribution in [0.1, 0.15) is 53.7 Å². The smallest absolute Gasteiger partial charge is 0.374 e. The number of cyclic esters (lactones) is 1. The summed E-state index contributed by atoms with van der Waals surface area (Å²) in [6.45, 7) is 5.23. The van der Waals surface area contributed by atoms with Gasteiger partial charge in [0.2, 0.25) is 5.76 Å². The number of ether oxygens (including phenoxy) is 5. The maximum Gasteiger partial charge on any atom is 0.374 e. The number of carboxylic acid groups (broad SMARTS) is 1. The van der Waals surface area contributed by atoms with Gasteiger partial charge in [0.15, 0.2) is 0 Å². The number of hydrogen-bond acceptors (Lipinski definition) is 9. The zero-order chi connectivity index (χ0) is 25.4. The van der Waals surface area contributed by atoms with E-state index in [-0.39, 0.29) is 37.4 Å². The van der Waals surface area contributed by atoms with Gasteiger partial charge in [-0.1, -0.05) is 11.6 Å². The second kappa shape index (κ2) is 11.9. The van der Waals surface area contributed by atoms with E-state index in [0.717, 1.165) is 18.8 Å². The third kappa shape index (κ3) is 6.15. The summed E-state index contributed by atoms with van der Waals surface area (Å²) in [7, 11) is 2.57. The summed E-state index contributed by atoms with van der Waals surface area (Å²) in [6, 6.07) is 0. The predicted molar refractivity (Wildman–Crippen MR) is 119 cm³/mol. The highest BCUT2D eigenvalue weighted by atomic mass is 16.6. The van der Waals surface area contributed by atoms with Crippen LogP contribution in [-0.4, -0.2) is 49.8 Å². The maximum atomic E-state index is 12.6. The summed E-state index contributed by atoms with van der Waals surface area (Å²) in [4.78, 5) is 47.8. The van der Waals surface area contributed by atoms with Crippen LogP contribution in [0.3, 0.4) is 0 Å². The third-order valence-corrected chi connectivity index (χ3v) is 5.15. The first-order valence-electron chi connectivity index (χ1n) is 10.6. The number of methoxy groups -OCH3 is 2. The van der Waals surface area contributed by atoms with Gasteiger partial charge >= 0.3 is 23.9 Å². The molecule has 0 saturated heterocycles. The fraction of sp³-hybridized carbons (Fsp3) is 0.417. The van der Waals surface area contributed by atoms with Crippen molar-refractivity contribution in [3.63, 3.8) is 0 Å². The molecule has 0 radical (unpaired) electrons. The van der Waals surface area contributed by atoms with Crippen molar-refractivity contribution in [3.8, 4) is 11.5 Å². The minimum absolute atomic E-state index is 0.00434. The SMILES string of the molecule is CCOC(=O)/C=C(/Oc1c(C/C=C(\C)CCC(=O)O)c(OC)c(C)c2c1C(=O)OC2)C(=O)OC. The van der Waals surface area contributed by atoms with Crippen LogP contribution in [0.4, 0.5) is 0 Å². The van der Waals surface area contributed by atoms with E-state index in [2.05, 4.69) is 0 Å². The topological polar surface area (TPSA) is 135 Å². The lowest BCUT2D eigenvalue weighted by Gasteiger charge is -2.20. The summed E-state index contributed by atoms with van der Waals surface area (Å²) >= 11 is 0. The number of carbonyl (C=O) groups excluding carboxylic acids is 3. The Labute approximate surface area is 197 Å². The molecular formula is C24H28O10. The minimum atomic E-state index is -0.952. The molecule has 1 aromatic carbocycles. The lowest BCUT2D eigenvalue weighted by Crippen LogP contribution is -2.17. The van der Waals surface area contributed by atoms with Crippen molar-refractivity contribution in [2.24, 2.45) is 0 Å². The van der Waals surface area contributed by atoms with Crippen LogP contribution < -0.4 is 9.47 Å². The van der Waals surface area contributed by atoms with Crippen molar-refractivity contribution in [2.45, 2.75) is 46.6 Å². The van der Waals surface area contributed by atoms with Crippen molar-refractivity contribution < 1.29 is 48.0 Å². The van der Waals surface area contributed by atoms with Gasteiger partial charge in [0.1, 0.15) is 23.7 Å². The quantitative estimate of drug-likeness (QED) is 0.167. The molecule has 0 atom stereocenters. The minimum Gasteiger partial charge on any atom is -0.496 e. The number of hydrogen-bond donors (Lipinski definition) is 1. The second-order valence-corrected chi connectivity index (χ2v) is 7.40. The Morgan fingerprint density at radius 1 is 1.15 bits per heavy atom. The number of carboxylic acids is 1. The largest absolute Gasteiger partial charge is 0.496 e. The molecule has 0 amide bonds. The Morgan fingerprint density at radius 3 is 2.44 bits per heavy atom. The van der Waals surface area contributed by atoms with Gasteiger partial charge in [0.05, 0.1) is 26.9 Å². The van der Waals surface area contributed by atoms with E-state index >= 15 is 0 Å². The van der Waals surface area contributed by atoms with E-state index in [0.29, 0.717) is 28.9 Å². The monoisotopic (exact) mass is 476 g/mol. The molecule has 1 aliphatic rings. The molecule has 10 heteroatoms. The van der Waals surface area contributed by atoms with Gasteiger partial charge in [-0.2, -0.15) is 0 Å². The van der Waals surface area contributed by atoms with Crippen molar-refractivity contribution in [2.75, 3.05) is 20.8 Å². The standard InChI is InChI=1S/C24H28O10/c1-6-32-19(27)11-17(23(28)31-5)34-22-15(9-7-13(2)8-10-18(25)26)21(30-4)14(3)16-12-33-24(29)20(16)22/h7,11H,6,8-10,12H2,1-5H3,(H,25,26)/b13-7+,17-11+. The van der Waals surface area contributed by atoms with Crippen LogP contribution in [0.5, 0.6) is 11.5 Å². The second-order valence-electron chi connectivity index (χ2n) is 7.40. The fourth-order valence-electron chi connectivity index (χ4n) is 3.44. The van der Waals surface area contributed by atoms with Crippen LogP contribution in [0, 0.1) is 6.92 Å². The van der Waals surface area contributed by atoms with E-state index in [4.69, 9.17) is 28.8 Å². The maximum absolute atomic E-state index is 12.6. The molecule has 1 N–H and O–H groups in total. The van der Waals surface area contributed by atoms with Gasteiger partial charge < -0.3 is 28.8 Å². The molecule has 184 valence electrons. The van der Waals surface area contributed by atoms with Gasteiger partial charge in [-0.3, -0.25) is 4.79 Å². The molecule has 0 aliphatic carbocycles. The molecule has 0 unspecified atom stereocenters. The molecule has 34 heavy (non-hydrogen) atoms. The molecule has 0 saturated carbocycles. The van der Waals surface area contributed by atoms with Gasteiger partial charge in [0, 0.05) is 17.5 Å². The molecule has 0 spiro atoms. The Bertz CT molecular complexity index is 1050. The highest BCUT2D eigenvalue weighted by molar-refractivity contribution is 5.99. The molecule has 10 nitrogen and oxygen atoms in total. The number of rotatable bonds is 11. The van der Waals surface area contributed by atoms with Crippen molar-refractivity contribution in [3.05, 3.63) is 45.7 Å². The van der Waals surface area contributed by atoms with Crippen LogP contribution >= 0.6 is 0 Å². The van der Waals surface area contributed by atoms with E-state index < -0.39 is 29.6 Å². The van der Waals surface area contributed by atoms with Crippen LogP contribution in [-0.2, 0) is 41.6 Å². The molecular weight excluding hydrogens is 448 g/mol. The number of esters is 3. The van der Waals surface area contributed by atoms with Gasteiger partial charge in [0.25, 0.3) is 0 Å². The van der Waals surface area contributed by atoms with E-state index in [9.17, 15) is 19.2 Å². The lowest BCUT2D eigenvalue weighted by molar-refractivity contribution is -0.141. The summed E-state index contributed by atoms with van der Waals surface area (Å²) in [6.07, 6.45) is 3.11. The van der Waals surface area contributed by atoms with Gasteiger partial charge in [-0.05, 0) is 39.2 Å². The highest BCUT2D eigenvalue weighted by Gasteiger charge is 2.34. The first-order valence-corrected chi connectivity index (χ1v) is 10.6. The van der Waals surface area contributed by atoms with E-state index in [1.165, 1.54) is 7.11 Å². The van der Waals surface area contributed by atoms with Gasteiger partial charge in [-0.15, -0.1) is 0 Å². The average molecular weight is 476 g/mol. The van der Waals surface area contributed by atoms with Crippen LogP contribution in [0.25, 0.3) is 0 Å². The molecule has 0 bridgehead atoms. The lowest BCUT2D eigenvalue weighted by atomic mass is 9.94. The number of benzene rings is 1. The summed E-state index contributed by atoms with van der Waals surface area (Å²) < 4.78 is 26.2. The summed E-state index contributed by atoms with van der Waals surface area (Å²) in [5, 5.41) is 8.92. The number of carbonyl (C=O) groups is 4. The summed E-state index contributed by atoms with van der Waals surface area (Å²) in [5.41, 5.74) is 2.53. The Balaban J connectivity index is 2.66. The van der Waals surface area contributed by atoms with Crippen LogP contribution in [0.15, 0.2) is 23.5 Å². The first-order chi connectivity index (χ1) is 16.1. The number of fused-ring (bicyclic) bond motifs is 1. The van der Waals surface area contributed by atoms with E-state index in [1.54, 1.807) is 26.8 Å². The highest BCUT2D eigenvalue weighted by Crippen LogP contribution is 2.43. The molecule has 1 heterocycles. The van der Waals surface area contributed by atoms with Crippen molar-refractivity contribution in [1.29, 1.82) is 0 Å². The van der Waals surface area contributed by atoms with Gasteiger partial charge in [-0.25, -0.2) is 14.4 Å². The molecule has 2 rings (SSSR count). The average Bonchev–Trinajstić information content (AvgIpc) is 3.18. The fourth-order valence-corrected chi connectivity index (χ4v) is 3.44. The summed E-state index contributed by atoms with van der Waals surface area (Å²) in [5.74, 6) is -3.43. The van der Waals surface area contributed by atoms with Crippen LogP contribution in [0.2, 0.25) is 0 Å². The third-order valence-electron chi connectivity index (χ3n) is 5.15. The molecule has 0 aromatic heterocycles. The Morgan fingerprint density at radius 2 is 1.85 bits per heavy atom. The normalized spacial score (nSPS) is 13.1. The predicted octanol–water partition coefficient (Wildman–Crippen LogP) is 3.03. The van der Waals surface area contributed by atoms with E-state index in [1.807, 2.05) is 0 Å². The Kier molecular flexibility index (Phi) is 9.23. The first kappa shape index (κ1) is 26.4. The van der Waals surface area contributed by atoms with Crippen molar-refractivity contribution >= 4 is 23.9 Å². The van der Waals surface area contributed by atoms with Crippen molar-refractivity contribution in [1.82, 2.24) is 0 Å². The number of aliphatic carboxylic acids is 1. The molecule has 0 fully saturated rings. The Hall–Kier alpha value is -3.82. The molecule has 1 aromatic rings. The zero-order valence-electron chi connectivity index (χ0n) is 19.8.